The van der Waals surface area contributed by atoms with Gasteiger partial charge in [0.15, 0.2) is 16.4 Å². The molecule has 0 radical (unpaired) electrons. The summed E-state index contributed by atoms with van der Waals surface area (Å²) in [5.74, 6) is -1.84. The molecule has 2 aromatic rings. The molecule has 0 aliphatic heterocycles. The van der Waals surface area contributed by atoms with Crippen molar-refractivity contribution in [1.29, 1.82) is 0 Å². The first kappa shape index (κ1) is 11.7. The molecule has 2 rings (SSSR count). The van der Waals surface area contributed by atoms with E-state index in [1.807, 2.05) is 0 Å². The molecule has 0 spiro atoms. The minimum Gasteiger partial charge on any atom is -0.338 e. The molecule has 1 aromatic heterocycles. The molecule has 0 saturated heterocycles. The third-order valence-electron chi connectivity index (χ3n) is 2.27. The second kappa shape index (κ2) is 4.58. The van der Waals surface area contributed by atoms with Crippen molar-refractivity contribution in [2.45, 2.75) is 6.42 Å². The van der Waals surface area contributed by atoms with Crippen LogP contribution in [0.1, 0.15) is 11.1 Å². The first-order valence-corrected chi connectivity index (χ1v) is 5.22. The summed E-state index contributed by atoms with van der Waals surface area (Å²) in [5, 5.41) is 0. The van der Waals surface area contributed by atoms with Gasteiger partial charge < -0.3 is 4.98 Å². The Kier molecular flexibility index (Phi) is 3.14. The van der Waals surface area contributed by atoms with E-state index in [4.69, 9.17) is 12.2 Å². The second-order valence-electron chi connectivity index (χ2n) is 3.52. The number of aromatic amines is 2. The average molecular weight is 254 g/mol. The van der Waals surface area contributed by atoms with Gasteiger partial charge in [0.1, 0.15) is 0 Å². The molecule has 0 saturated carbocycles. The fourth-order valence-electron chi connectivity index (χ4n) is 1.44. The van der Waals surface area contributed by atoms with E-state index in [-0.39, 0.29) is 16.8 Å². The smallest absolute Gasteiger partial charge is 0.255 e. The number of halogens is 2. The van der Waals surface area contributed by atoms with Gasteiger partial charge in [-0.05, 0) is 29.9 Å². The lowest BCUT2D eigenvalue weighted by Gasteiger charge is -2.01. The summed E-state index contributed by atoms with van der Waals surface area (Å²) >= 11 is 4.74. The van der Waals surface area contributed by atoms with E-state index in [1.165, 1.54) is 12.3 Å². The SMILES string of the molecule is O=c1[nH]c(=S)[nH]cc1Cc1ccc(F)c(F)c1. The summed E-state index contributed by atoms with van der Waals surface area (Å²) in [6, 6.07) is 3.53. The molecule has 2 N–H and O–H groups in total. The number of nitrogens with one attached hydrogen (secondary N) is 2. The average Bonchev–Trinajstić information content (AvgIpc) is 2.27. The topological polar surface area (TPSA) is 48.6 Å². The number of hydrogen-bond acceptors (Lipinski definition) is 2. The lowest BCUT2D eigenvalue weighted by atomic mass is 10.1. The van der Waals surface area contributed by atoms with Crippen LogP contribution in [0.5, 0.6) is 0 Å². The molecule has 0 fully saturated rings. The minimum atomic E-state index is -0.928. The van der Waals surface area contributed by atoms with Crippen LogP contribution < -0.4 is 5.56 Å². The molecule has 1 aromatic carbocycles. The Morgan fingerprint density at radius 2 is 2.00 bits per heavy atom. The van der Waals surface area contributed by atoms with Gasteiger partial charge in [-0.1, -0.05) is 6.07 Å². The summed E-state index contributed by atoms with van der Waals surface area (Å²) in [4.78, 5) is 16.6. The van der Waals surface area contributed by atoms with Crippen LogP contribution in [0.25, 0.3) is 0 Å². The largest absolute Gasteiger partial charge is 0.338 e. The van der Waals surface area contributed by atoms with Crippen molar-refractivity contribution in [3.05, 3.63) is 62.3 Å². The van der Waals surface area contributed by atoms with Crippen molar-refractivity contribution in [3.8, 4) is 0 Å². The number of aromatic nitrogens is 2. The van der Waals surface area contributed by atoms with E-state index in [1.54, 1.807) is 0 Å². The van der Waals surface area contributed by atoms with E-state index >= 15 is 0 Å². The number of rotatable bonds is 2. The van der Waals surface area contributed by atoms with Gasteiger partial charge in [0, 0.05) is 18.2 Å². The van der Waals surface area contributed by atoms with Crippen molar-refractivity contribution >= 4 is 12.2 Å². The maximum atomic E-state index is 13.0. The normalized spacial score (nSPS) is 10.5. The Labute approximate surface area is 100 Å². The maximum Gasteiger partial charge on any atom is 0.255 e. The Bertz CT molecular complexity index is 663. The monoisotopic (exact) mass is 254 g/mol. The van der Waals surface area contributed by atoms with Gasteiger partial charge in [0.25, 0.3) is 5.56 Å². The zero-order valence-electron chi connectivity index (χ0n) is 8.59. The molecule has 88 valence electrons. The third-order valence-corrected chi connectivity index (χ3v) is 2.49. The van der Waals surface area contributed by atoms with Crippen LogP contribution in [0.4, 0.5) is 8.78 Å². The molecule has 0 aliphatic carbocycles. The lowest BCUT2D eigenvalue weighted by Crippen LogP contribution is -2.13. The van der Waals surface area contributed by atoms with Crippen LogP contribution in [-0.2, 0) is 6.42 Å². The summed E-state index contributed by atoms with van der Waals surface area (Å²) in [6.45, 7) is 0. The van der Waals surface area contributed by atoms with Gasteiger partial charge in [-0.2, -0.15) is 0 Å². The molecule has 0 amide bonds. The molecule has 0 unspecified atom stereocenters. The Morgan fingerprint density at radius 3 is 2.65 bits per heavy atom. The van der Waals surface area contributed by atoms with Gasteiger partial charge in [0.05, 0.1) is 0 Å². The minimum absolute atomic E-state index is 0.207. The van der Waals surface area contributed by atoms with Crippen LogP contribution in [0.15, 0.2) is 29.2 Å². The second-order valence-corrected chi connectivity index (χ2v) is 3.93. The lowest BCUT2D eigenvalue weighted by molar-refractivity contribution is 0.507. The fourth-order valence-corrected chi connectivity index (χ4v) is 1.59. The highest BCUT2D eigenvalue weighted by Gasteiger charge is 2.05. The predicted molar refractivity (Wildman–Crippen MR) is 61.4 cm³/mol. The first-order valence-electron chi connectivity index (χ1n) is 4.81. The predicted octanol–water partition coefficient (Wildman–Crippen LogP) is 2.30. The highest BCUT2D eigenvalue weighted by molar-refractivity contribution is 7.71. The van der Waals surface area contributed by atoms with E-state index < -0.39 is 11.6 Å². The third kappa shape index (κ3) is 2.65. The van der Waals surface area contributed by atoms with Crippen LogP contribution in [0.3, 0.4) is 0 Å². The van der Waals surface area contributed by atoms with E-state index in [0.29, 0.717) is 11.1 Å². The van der Waals surface area contributed by atoms with Crippen molar-refractivity contribution in [1.82, 2.24) is 9.97 Å². The molecule has 0 aliphatic rings. The molecule has 17 heavy (non-hydrogen) atoms. The summed E-state index contributed by atoms with van der Waals surface area (Å²) in [7, 11) is 0. The van der Waals surface area contributed by atoms with Crippen LogP contribution in [0, 0.1) is 16.4 Å². The Balaban J connectivity index is 2.35. The summed E-state index contributed by atoms with van der Waals surface area (Å²) in [6.07, 6.45) is 1.67. The maximum absolute atomic E-state index is 13.0. The van der Waals surface area contributed by atoms with E-state index in [9.17, 15) is 13.6 Å². The Morgan fingerprint density at radius 1 is 1.24 bits per heavy atom. The van der Waals surface area contributed by atoms with Crippen LogP contribution in [0.2, 0.25) is 0 Å². The van der Waals surface area contributed by atoms with Crippen molar-refractivity contribution in [2.75, 3.05) is 0 Å². The van der Waals surface area contributed by atoms with Crippen LogP contribution in [-0.4, -0.2) is 9.97 Å². The van der Waals surface area contributed by atoms with E-state index in [2.05, 4.69) is 9.97 Å². The zero-order chi connectivity index (χ0) is 12.4. The van der Waals surface area contributed by atoms with Crippen molar-refractivity contribution in [2.24, 2.45) is 0 Å². The molecular weight excluding hydrogens is 246 g/mol. The van der Waals surface area contributed by atoms with Gasteiger partial charge in [-0.3, -0.25) is 9.78 Å². The standard InChI is InChI=1S/C11H8F2N2OS/c12-8-2-1-6(4-9(8)13)3-7-5-14-11(17)15-10(7)16/h1-2,4-5H,3H2,(H2,14,15,16,17). The van der Waals surface area contributed by atoms with Crippen molar-refractivity contribution < 1.29 is 8.78 Å². The van der Waals surface area contributed by atoms with Gasteiger partial charge in [-0.15, -0.1) is 0 Å². The highest BCUT2D eigenvalue weighted by atomic mass is 32.1. The molecule has 0 atom stereocenters. The molecule has 0 bridgehead atoms. The number of hydrogen-bond donors (Lipinski definition) is 2. The summed E-state index contributed by atoms with van der Waals surface area (Å²) < 4.78 is 25.9. The zero-order valence-corrected chi connectivity index (χ0v) is 9.41. The van der Waals surface area contributed by atoms with Crippen molar-refractivity contribution in [3.63, 3.8) is 0 Å². The van der Waals surface area contributed by atoms with Crippen LogP contribution >= 0.6 is 12.2 Å². The van der Waals surface area contributed by atoms with Gasteiger partial charge in [-0.25, -0.2) is 8.78 Å². The summed E-state index contributed by atoms with van der Waals surface area (Å²) in [5.41, 5.74) is 0.586. The highest BCUT2D eigenvalue weighted by Crippen LogP contribution is 2.11. The molecule has 1 heterocycles. The van der Waals surface area contributed by atoms with Gasteiger partial charge >= 0.3 is 0 Å². The quantitative estimate of drug-likeness (QED) is 0.808. The molecule has 3 nitrogen and oxygen atoms in total. The van der Waals surface area contributed by atoms with E-state index in [0.717, 1.165) is 12.1 Å². The fraction of sp³-hybridized carbons (Fsp3) is 0.0909. The molecule has 6 heteroatoms. The Hall–Kier alpha value is -1.82. The first-order chi connectivity index (χ1) is 8.06. The number of benzene rings is 1. The van der Waals surface area contributed by atoms with Gasteiger partial charge in [0.2, 0.25) is 0 Å². The number of H-pyrrole nitrogens is 2. The molecular formula is C11H8F2N2OS.